The summed E-state index contributed by atoms with van der Waals surface area (Å²) in [6, 6.07) is 3.25. The molecule has 0 aliphatic rings. The van der Waals surface area contributed by atoms with E-state index in [0.717, 1.165) is 0 Å². The van der Waals surface area contributed by atoms with Crippen molar-refractivity contribution in [2.45, 2.75) is 19.4 Å². The van der Waals surface area contributed by atoms with Crippen LogP contribution in [0, 0.1) is 0 Å². The van der Waals surface area contributed by atoms with Crippen molar-refractivity contribution < 1.29 is 19.7 Å². The first-order valence-corrected chi connectivity index (χ1v) is 4.58. The highest BCUT2D eigenvalue weighted by Gasteiger charge is 2.24. The minimum atomic E-state index is -1.12. The summed E-state index contributed by atoms with van der Waals surface area (Å²) in [7, 11) is 2.92. The number of hydrogen-bond acceptors (Lipinski definition) is 4. The Morgan fingerprint density at radius 3 is 2.13 bits per heavy atom. The SMILES string of the molecule is COc1ccc(C(C)(C)O)c(O)c1OC. The summed E-state index contributed by atoms with van der Waals surface area (Å²) in [6.07, 6.45) is 0. The predicted molar refractivity (Wildman–Crippen MR) is 56.5 cm³/mol. The van der Waals surface area contributed by atoms with Crippen molar-refractivity contribution >= 4 is 0 Å². The lowest BCUT2D eigenvalue weighted by molar-refractivity contribution is 0.0752. The van der Waals surface area contributed by atoms with Crippen LogP contribution >= 0.6 is 0 Å². The number of benzene rings is 1. The third-order valence-corrected chi connectivity index (χ3v) is 2.18. The molecule has 0 aliphatic heterocycles. The van der Waals surface area contributed by atoms with Gasteiger partial charge in [-0.05, 0) is 26.0 Å². The van der Waals surface area contributed by atoms with Crippen LogP contribution in [-0.4, -0.2) is 24.4 Å². The van der Waals surface area contributed by atoms with Gasteiger partial charge in [0, 0.05) is 5.56 Å². The first-order chi connectivity index (χ1) is 6.91. The second-order valence-corrected chi connectivity index (χ2v) is 3.76. The number of phenolic OH excluding ortho intramolecular Hbond substituents is 1. The highest BCUT2D eigenvalue weighted by Crippen LogP contribution is 2.42. The Morgan fingerprint density at radius 2 is 1.73 bits per heavy atom. The van der Waals surface area contributed by atoms with Gasteiger partial charge in [0.1, 0.15) is 0 Å². The van der Waals surface area contributed by atoms with Gasteiger partial charge >= 0.3 is 0 Å². The molecule has 0 aromatic heterocycles. The van der Waals surface area contributed by atoms with Gasteiger partial charge in [-0.3, -0.25) is 0 Å². The Bertz CT molecular complexity index is 352. The van der Waals surface area contributed by atoms with E-state index >= 15 is 0 Å². The highest BCUT2D eigenvalue weighted by molar-refractivity contribution is 5.56. The standard InChI is InChI=1S/C11H16O4/c1-11(2,13)7-5-6-8(14-3)10(15-4)9(7)12/h5-6,12-13H,1-4H3. The van der Waals surface area contributed by atoms with Crippen molar-refractivity contribution in [2.24, 2.45) is 0 Å². The first-order valence-electron chi connectivity index (χ1n) is 4.58. The van der Waals surface area contributed by atoms with Crippen molar-refractivity contribution in [1.82, 2.24) is 0 Å². The fraction of sp³-hybridized carbons (Fsp3) is 0.455. The average molecular weight is 212 g/mol. The molecular weight excluding hydrogens is 196 g/mol. The molecule has 0 saturated heterocycles. The van der Waals surface area contributed by atoms with E-state index in [9.17, 15) is 10.2 Å². The van der Waals surface area contributed by atoms with Crippen LogP contribution in [0.5, 0.6) is 17.2 Å². The van der Waals surface area contributed by atoms with Crippen LogP contribution in [0.3, 0.4) is 0 Å². The lowest BCUT2D eigenvalue weighted by Crippen LogP contribution is -2.15. The molecule has 0 saturated carbocycles. The molecular formula is C11H16O4. The summed E-state index contributed by atoms with van der Waals surface area (Å²) < 4.78 is 10.0. The zero-order valence-corrected chi connectivity index (χ0v) is 9.37. The number of rotatable bonds is 3. The Labute approximate surface area is 89.1 Å². The minimum absolute atomic E-state index is 0.0932. The van der Waals surface area contributed by atoms with Gasteiger partial charge in [0.05, 0.1) is 19.8 Å². The van der Waals surface area contributed by atoms with Crippen molar-refractivity contribution in [1.29, 1.82) is 0 Å². The monoisotopic (exact) mass is 212 g/mol. The molecule has 84 valence electrons. The van der Waals surface area contributed by atoms with Crippen LogP contribution in [0.25, 0.3) is 0 Å². The third kappa shape index (κ3) is 2.15. The van der Waals surface area contributed by atoms with Gasteiger partial charge in [0.25, 0.3) is 0 Å². The van der Waals surface area contributed by atoms with Crippen molar-refractivity contribution in [2.75, 3.05) is 14.2 Å². The molecule has 4 heteroatoms. The normalized spacial score (nSPS) is 11.3. The molecule has 0 spiro atoms. The van der Waals surface area contributed by atoms with Crippen molar-refractivity contribution in [3.05, 3.63) is 17.7 Å². The summed E-state index contributed by atoms with van der Waals surface area (Å²) in [4.78, 5) is 0. The fourth-order valence-corrected chi connectivity index (χ4v) is 1.40. The van der Waals surface area contributed by atoms with Gasteiger partial charge in [-0.25, -0.2) is 0 Å². The quantitative estimate of drug-likeness (QED) is 0.799. The van der Waals surface area contributed by atoms with E-state index in [1.165, 1.54) is 14.2 Å². The van der Waals surface area contributed by atoms with Crippen LogP contribution in [-0.2, 0) is 5.60 Å². The Morgan fingerprint density at radius 1 is 1.13 bits per heavy atom. The smallest absolute Gasteiger partial charge is 0.203 e. The van der Waals surface area contributed by atoms with E-state index in [1.807, 2.05) is 0 Å². The van der Waals surface area contributed by atoms with Crippen LogP contribution in [0.4, 0.5) is 0 Å². The summed E-state index contributed by atoms with van der Waals surface area (Å²) in [5.74, 6) is 0.574. The summed E-state index contributed by atoms with van der Waals surface area (Å²) in [6.45, 7) is 3.18. The van der Waals surface area contributed by atoms with E-state index < -0.39 is 5.60 Å². The molecule has 0 amide bonds. The lowest BCUT2D eigenvalue weighted by Gasteiger charge is -2.21. The molecule has 1 aromatic rings. The van der Waals surface area contributed by atoms with E-state index in [0.29, 0.717) is 11.3 Å². The second kappa shape index (κ2) is 3.98. The van der Waals surface area contributed by atoms with Gasteiger partial charge < -0.3 is 19.7 Å². The number of aliphatic hydroxyl groups is 1. The van der Waals surface area contributed by atoms with E-state index in [2.05, 4.69) is 0 Å². The maximum atomic E-state index is 9.87. The third-order valence-electron chi connectivity index (χ3n) is 2.18. The van der Waals surface area contributed by atoms with Gasteiger partial charge in [-0.2, -0.15) is 0 Å². The molecule has 2 N–H and O–H groups in total. The first kappa shape index (κ1) is 11.7. The van der Waals surface area contributed by atoms with Crippen LogP contribution < -0.4 is 9.47 Å². The van der Waals surface area contributed by atoms with Crippen LogP contribution in [0.1, 0.15) is 19.4 Å². The van der Waals surface area contributed by atoms with Crippen LogP contribution in [0.2, 0.25) is 0 Å². The van der Waals surface area contributed by atoms with E-state index in [4.69, 9.17) is 9.47 Å². The lowest BCUT2D eigenvalue weighted by atomic mass is 9.97. The molecule has 0 radical (unpaired) electrons. The zero-order valence-electron chi connectivity index (χ0n) is 9.37. The van der Waals surface area contributed by atoms with Crippen molar-refractivity contribution in [3.63, 3.8) is 0 Å². The van der Waals surface area contributed by atoms with E-state index in [-0.39, 0.29) is 11.5 Å². The maximum absolute atomic E-state index is 9.87. The summed E-state index contributed by atoms with van der Waals surface area (Å²) >= 11 is 0. The molecule has 0 heterocycles. The summed E-state index contributed by atoms with van der Waals surface area (Å²) in [5.41, 5.74) is -0.718. The molecule has 0 atom stereocenters. The molecule has 0 bridgehead atoms. The largest absolute Gasteiger partial charge is 0.504 e. The number of hydrogen-bond donors (Lipinski definition) is 2. The number of aromatic hydroxyl groups is 1. The van der Waals surface area contributed by atoms with Gasteiger partial charge in [0.2, 0.25) is 5.75 Å². The minimum Gasteiger partial charge on any atom is -0.504 e. The Kier molecular flexibility index (Phi) is 3.09. The molecule has 1 aromatic carbocycles. The van der Waals surface area contributed by atoms with Gasteiger partial charge in [0.15, 0.2) is 11.5 Å². The van der Waals surface area contributed by atoms with E-state index in [1.54, 1.807) is 26.0 Å². The molecule has 0 aliphatic carbocycles. The van der Waals surface area contributed by atoms with Crippen LogP contribution in [0.15, 0.2) is 12.1 Å². The number of phenols is 1. The number of ether oxygens (including phenoxy) is 2. The second-order valence-electron chi connectivity index (χ2n) is 3.76. The number of methoxy groups -OCH3 is 2. The molecule has 0 fully saturated rings. The zero-order chi connectivity index (χ0) is 11.6. The summed E-state index contributed by atoms with van der Waals surface area (Å²) in [5, 5.41) is 19.7. The molecule has 4 nitrogen and oxygen atoms in total. The Hall–Kier alpha value is -1.42. The van der Waals surface area contributed by atoms with Gasteiger partial charge in [-0.15, -0.1) is 0 Å². The fourth-order valence-electron chi connectivity index (χ4n) is 1.40. The van der Waals surface area contributed by atoms with Crippen molar-refractivity contribution in [3.8, 4) is 17.2 Å². The highest BCUT2D eigenvalue weighted by atomic mass is 16.5. The molecule has 1 rings (SSSR count). The molecule has 0 unspecified atom stereocenters. The average Bonchev–Trinajstić information content (AvgIpc) is 2.15. The predicted octanol–water partition coefficient (Wildman–Crippen LogP) is 1.64. The molecule has 15 heavy (non-hydrogen) atoms. The maximum Gasteiger partial charge on any atom is 0.203 e. The topological polar surface area (TPSA) is 58.9 Å². The van der Waals surface area contributed by atoms with Gasteiger partial charge in [-0.1, -0.05) is 0 Å². The Balaban J connectivity index is 3.36.